The summed E-state index contributed by atoms with van der Waals surface area (Å²) in [6.45, 7) is 1.09. The molecular weight excluding hydrogens is 420 g/mol. The SMILES string of the molecule is COc1ccc(CN=C(NCc2ccccc2)N(C)C)cc1F.I. The third-order valence-corrected chi connectivity index (χ3v) is 3.34. The second-order valence-electron chi connectivity index (χ2n) is 5.34. The summed E-state index contributed by atoms with van der Waals surface area (Å²) in [5, 5.41) is 3.30. The predicted molar refractivity (Wildman–Crippen MR) is 106 cm³/mol. The largest absolute Gasteiger partial charge is 0.494 e. The van der Waals surface area contributed by atoms with E-state index in [-0.39, 0.29) is 35.5 Å². The molecule has 0 heterocycles. The molecule has 0 unspecified atom stereocenters. The molecule has 0 saturated heterocycles. The van der Waals surface area contributed by atoms with Crippen molar-refractivity contribution in [3.63, 3.8) is 0 Å². The lowest BCUT2D eigenvalue weighted by atomic mass is 10.2. The van der Waals surface area contributed by atoms with Crippen molar-refractivity contribution in [3.05, 3.63) is 65.5 Å². The van der Waals surface area contributed by atoms with Gasteiger partial charge in [0.05, 0.1) is 13.7 Å². The normalized spacial score (nSPS) is 10.8. The summed E-state index contributed by atoms with van der Waals surface area (Å²) in [5.41, 5.74) is 1.97. The number of hydrogen-bond donors (Lipinski definition) is 1. The van der Waals surface area contributed by atoms with Crippen LogP contribution in [0.5, 0.6) is 5.75 Å². The number of halogens is 2. The van der Waals surface area contributed by atoms with E-state index in [9.17, 15) is 4.39 Å². The molecule has 0 atom stereocenters. The Labute approximate surface area is 159 Å². The third kappa shape index (κ3) is 5.99. The summed E-state index contributed by atoms with van der Waals surface area (Å²) in [6, 6.07) is 15.0. The van der Waals surface area contributed by atoms with Crippen LogP contribution < -0.4 is 10.1 Å². The molecule has 0 aromatic heterocycles. The molecule has 0 aliphatic heterocycles. The van der Waals surface area contributed by atoms with Crippen LogP contribution in [0.1, 0.15) is 11.1 Å². The van der Waals surface area contributed by atoms with E-state index < -0.39 is 0 Å². The van der Waals surface area contributed by atoms with Crippen molar-refractivity contribution < 1.29 is 9.13 Å². The molecule has 0 radical (unpaired) electrons. The van der Waals surface area contributed by atoms with Crippen LogP contribution in [0.3, 0.4) is 0 Å². The highest BCUT2D eigenvalue weighted by Crippen LogP contribution is 2.18. The Morgan fingerprint density at radius 3 is 2.42 bits per heavy atom. The summed E-state index contributed by atoms with van der Waals surface area (Å²) in [4.78, 5) is 6.43. The van der Waals surface area contributed by atoms with Crippen molar-refractivity contribution in [2.75, 3.05) is 21.2 Å². The summed E-state index contributed by atoms with van der Waals surface area (Å²) in [7, 11) is 5.30. The first-order valence-electron chi connectivity index (χ1n) is 7.42. The van der Waals surface area contributed by atoms with Gasteiger partial charge in [0.15, 0.2) is 17.5 Å². The Kier molecular flexibility index (Phi) is 8.53. The molecule has 1 N–H and O–H groups in total. The van der Waals surface area contributed by atoms with Crippen LogP contribution in [-0.4, -0.2) is 32.1 Å². The number of hydrogen-bond acceptors (Lipinski definition) is 2. The molecule has 0 amide bonds. The van der Waals surface area contributed by atoms with E-state index in [1.165, 1.54) is 18.7 Å². The van der Waals surface area contributed by atoms with E-state index >= 15 is 0 Å². The van der Waals surface area contributed by atoms with Crippen molar-refractivity contribution in [1.82, 2.24) is 10.2 Å². The first kappa shape index (κ1) is 20.2. The average Bonchev–Trinajstić information content (AvgIpc) is 2.55. The number of nitrogens with one attached hydrogen (secondary N) is 1. The minimum absolute atomic E-state index is 0. The molecule has 0 bridgehead atoms. The lowest BCUT2D eigenvalue weighted by Crippen LogP contribution is -2.36. The molecule has 2 aromatic carbocycles. The van der Waals surface area contributed by atoms with Crippen LogP contribution in [0.25, 0.3) is 0 Å². The fourth-order valence-corrected chi connectivity index (χ4v) is 2.11. The van der Waals surface area contributed by atoms with Gasteiger partial charge in [-0.25, -0.2) is 9.38 Å². The Hall–Kier alpha value is -1.83. The minimum Gasteiger partial charge on any atom is -0.494 e. The first-order valence-corrected chi connectivity index (χ1v) is 7.42. The maximum Gasteiger partial charge on any atom is 0.194 e. The van der Waals surface area contributed by atoms with Gasteiger partial charge in [-0.15, -0.1) is 24.0 Å². The number of rotatable bonds is 5. The fourth-order valence-electron chi connectivity index (χ4n) is 2.11. The van der Waals surface area contributed by atoms with Crippen LogP contribution in [0.4, 0.5) is 4.39 Å². The van der Waals surface area contributed by atoms with Gasteiger partial charge >= 0.3 is 0 Å². The lowest BCUT2D eigenvalue weighted by Gasteiger charge is -2.18. The van der Waals surface area contributed by atoms with Crippen LogP contribution >= 0.6 is 24.0 Å². The van der Waals surface area contributed by atoms with Crippen LogP contribution in [0.2, 0.25) is 0 Å². The van der Waals surface area contributed by atoms with Crippen molar-refractivity contribution in [1.29, 1.82) is 0 Å². The zero-order chi connectivity index (χ0) is 16.7. The number of benzene rings is 2. The van der Waals surface area contributed by atoms with Crippen molar-refractivity contribution >= 4 is 29.9 Å². The maximum absolute atomic E-state index is 13.7. The first-order chi connectivity index (χ1) is 11.1. The molecule has 0 aliphatic rings. The molecule has 0 aliphatic carbocycles. The van der Waals surface area contributed by atoms with Gasteiger partial charge in [-0.3, -0.25) is 0 Å². The van der Waals surface area contributed by atoms with Crippen molar-refractivity contribution in [3.8, 4) is 5.75 Å². The van der Waals surface area contributed by atoms with E-state index in [0.29, 0.717) is 13.1 Å². The quantitative estimate of drug-likeness (QED) is 0.436. The summed E-state index contributed by atoms with van der Waals surface area (Å²) in [6.07, 6.45) is 0. The van der Waals surface area contributed by atoms with E-state index in [1.807, 2.05) is 43.3 Å². The molecule has 4 nitrogen and oxygen atoms in total. The number of guanidine groups is 1. The highest BCUT2D eigenvalue weighted by molar-refractivity contribution is 14.0. The maximum atomic E-state index is 13.7. The van der Waals surface area contributed by atoms with Gasteiger partial charge in [0, 0.05) is 20.6 Å². The van der Waals surface area contributed by atoms with Crippen LogP contribution in [-0.2, 0) is 13.1 Å². The van der Waals surface area contributed by atoms with E-state index in [0.717, 1.165) is 11.5 Å². The molecule has 0 fully saturated rings. The van der Waals surface area contributed by atoms with Gasteiger partial charge in [0.2, 0.25) is 0 Å². The number of nitrogens with zero attached hydrogens (tertiary/aromatic N) is 2. The van der Waals surface area contributed by atoms with E-state index in [2.05, 4.69) is 22.4 Å². The van der Waals surface area contributed by atoms with Gasteiger partial charge in [-0.05, 0) is 23.3 Å². The third-order valence-electron chi connectivity index (χ3n) is 3.34. The van der Waals surface area contributed by atoms with Gasteiger partial charge < -0.3 is 15.0 Å². The Morgan fingerprint density at radius 1 is 1.12 bits per heavy atom. The second kappa shape index (κ2) is 10.1. The molecular formula is C18H23FIN3O. The Balaban J connectivity index is 0.00000288. The summed E-state index contributed by atoms with van der Waals surface area (Å²) >= 11 is 0. The number of aliphatic imine (C=N–C) groups is 1. The lowest BCUT2D eigenvalue weighted by molar-refractivity contribution is 0.386. The molecule has 0 saturated carbocycles. The Morgan fingerprint density at radius 2 is 1.83 bits per heavy atom. The van der Waals surface area contributed by atoms with Crippen LogP contribution in [0.15, 0.2) is 53.5 Å². The average molecular weight is 443 g/mol. The fraction of sp³-hybridized carbons (Fsp3) is 0.278. The molecule has 6 heteroatoms. The minimum atomic E-state index is -0.371. The Bertz CT molecular complexity index is 663. The zero-order valence-corrected chi connectivity index (χ0v) is 16.5. The predicted octanol–water partition coefficient (Wildman–Crippen LogP) is 3.66. The van der Waals surface area contributed by atoms with Gasteiger partial charge in [-0.2, -0.15) is 0 Å². The molecule has 24 heavy (non-hydrogen) atoms. The molecule has 2 rings (SSSR count). The van der Waals surface area contributed by atoms with Gasteiger partial charge in [-0.1, -0.05) is 36.4 Å². The number of ether oxygens (including phenoxy) is 1. The van der Waals surface area contributed by atoms with Gasteiger partial charge in [0.25, 0.3) is 0 Å². The highest BCUT2D eigenvalue weighted by Gasteiger charge is 2.05. The second-order valence-corrected chi connectivity index (χ2v) is 5.34. The monoisotopic (exact) mass is 443 g/mol. The van der Waals surface area contributed by atoms with Crippen molar-refractivity contribution in [2.24, 2.45) is 4.99 Å². The number of methoxy groups -OCH3 is 1. The summed E-state index contributed by atoms with van der Waals surface area (Å²) < 4.78 is 18.6. The van der Waals surface area contributed by atoms with E-state index in [4.69, 9.17) is 4.74 Å². The highest BCUT2D eigenvalue weighted by atomic mass is 127. The standard InChI is InChI=1S/C18H22FN3O.HI/c1-22(2)18(20-12-14-7-5-4-6-8-14)21-13-15-9-10-17(23-3)16(19)11-15;/h4-11H,12-13H2,1-3H3,(H,20,21);1H. The van der Waals surface area contributed by atoms with Crippen molar-refractivity contribution in [2.45, 2.75) is 13.1 Å². The van der Waals surface area contributed by atoms with Crippen LogP contribution in [0, 0.1) is 5.82 Å². The van der Waals surface area contributed by atoms with Gasteiger partial charge in [0.1, 0.15) is 0 Å². The molecule has 130 valence electrons. The topological polar surface area (TPSA) is 36.9 Å². The zero-order valence-electron chi connectivity index (χ0n) is 14.1. The van der Waals surface area contributed by atoms with E-state index in [1.54, 1.807) is 6.07 Å². The smallest absolute Gasteiger partial charge is 0.194 e. The molecule has 0 spiro atoms. The summed E-state index contributed by atoms with van der Waals surface area (Å²) in [5.74, 6) is 0.627. The molecule has 2 aromatic rings.